The van der Waals surface area contributed by atoms with Gasteiger partial charge in [0.05, 0.1) is 16.9 Å². The smallest absolute Gasteiger partial charge is 0.269 e. The molecule has 0 unspecified atom stereocenters. The monoisotopic (exact) mass is 410 g/mol. The second kappa shape index (κ2) is 8.10. The van der Waals surface area contributed by atoms with Crippen molar-refractivity contribution in [2.24, 2.45) is 0 Å². The van der Waals surface area contributed by atoms with E-state index in [9.17, 15) is 10.1 Å². The average molecular weight is 410 g/mol. The third-order valence-corrected chi connectivity index (χ3v) is 4.84. The summed E-state index contributed by atoms with van der Waals surface area (Å²) in [5, 5.41) is 27.8. The predicted octanol–water partition coefficient (Wildman–Crippen LogP) is 3.97. The molecule has 4 aromatic rings. The van der Waals surface area contributed by atoms with Gasteiger partial charge in [-0.3, -0.25) is 14.7 Å². The van der Waals surface area contributed by atoms with Gasteiger partial charge in [-0.05, 0) is 24.3 Å². The van der Waals surface area contributed by atoms with E-state index in [1.807, 2.05) is 10.6 Å². The fourth-order valence-corrected chi connectivity index (χ4v) is 3.34. The molecular formula is C18H14N6O4S. The first-order chi connectivity index (χ1) is 14.2. The highest BCUT2D eigenvalue weighted by atomic mass is 32.2. The molecule has 0 spiro atoms. The van der Waals surface area contributed by atoms with Gasteiger partial charge in [0.25, 0.3) is 5.69 Å². The highest BCUT2D eigenvalue weighted by molar-refractivity contribution is 7.98. The number of hydrogen-bond acceptors (Lipinski definition) is 9. The van der Waals surface area contributed by atoms with Crippen molar-refractivity contribution in [2.45, 2.75) is 17.5 Å². The van der Waals surface area contributed by atoms with Crippen LogP contribution in [0.2, 0.25) is 0 Å². The maximum Gasteiger partial charge on any atom is 0.269 e. The molecule has 0 saturated heterocycles. The number of aromatic nitrogens is 5. The van der Waals surface area contributed by atoms with E-state index in [2.05, 4.69) is 27.0 Å². The first kappa shape index (κ1) is 18.6. The Hall–Kier alpha value is -3.73. The topological polar surface area (TPSA) is 126 Å². The van der Waals surface area contributed by atoms with Gasteiger partial charge in [-0.2, -0.15) is 0 Å². The lowest BCUT2D eigenvalue weighted by Crippen LogP contribution is -2.00. The van der Waals surface area contributed by atoms with Crippen LogP contribution in [-0.4, -0.2) is 29.9 Å². The lowest BCUT2D eigenvalue weighted by atomic mass is 10.2. The van der Waals surface area contributed by atoms with E-state index in [1.165, 1.54) is 23.9 Å². The molecule has 0 saturated carbocycles. The molecule has 0 atom stereocenters. The summed E-state index contributed by atoms with van der Waals surface area (Å²) in [6.45, 7) is 4.29. The van der Waals surface area contributed by atoms with Gasteiger partial charge in [0.1, 0.15) is 0 Å². The number of benzene rings is 1. The van der Waals surface area contributed by atoms with Gasteiger partial charge >= 0.3 is 0 Å². The Morgan fingerprint density at radius 1 is 1.17 bits per heavy atom. The Balaban J connectivity index is 1.49. The number of allylic oxidation sites excluding steroid dienone is 1. The molecule has 0 amide bonds. The zero-order valence-corrected chi connectivity index (χ0v) is 15.8. The molecule has 0 fully saturated rings. The maximum absolute atomic E-state index is 10.8. The summed E-state index contributed by atoms with van der Waals surface area (Å²) in [6.07, 6.45) is 3.33. The number of nitro groups is 1. The van der Waals surface area contributed by atoms with Crippen molar-refractivity contribution >= 4 is 17.4 Å². The summed E-state index contributed by atoms with van der Waals surface area (Å²) in [5.41, 5.74) is 0.604. The van der Waals surface area contributed by atoms with Crippen LogP contribution in [-0.2, 0) is 12.3 Å². The molecule has 11 heteroatoms. The van der Waals surface area contributed by atoms with E-state index in [-0.39, 0.29) is 5.69 Å². The summed E-state index contributed by atoms with van der Waals surface area (Å²) >= 11 is 1.39. The molecule has 0 aliphatic rings. The van der Waals surface area contributed by atoms with Gasteiger partial charge in [0, 0.05) is 24.2 Å². The predicted molar refractivity (Wildman–Crippen MR) is 104 cm³/mol. The molecular weight excluding hydrogens is 396 g/mol. The minimum absolute atomic E-state index is 0.00189. The zero-order valence-electron chi connectivity index (χ0n) is 15.0. The van der Waals surface area contributed by atoms with E-state index < -0.39 is 4.92 Å². The summed E-state index contributed by atoms with van der Waals surface area (Å²) in [6, 6.07) is 9.52. The van der Waals surface area contributed by atoms with Crippen molar-refractivity contribution < 1.29 is 13.8 Å². The normalized spacial score (nSPS) is 10.9. The second-order valence-corrected chi connectivity index (χ2v) is 6.72. The quantitative estimate of drug-likeness (QED) is 0.183. The number of non-ortho nitro benzene ring substituents is 1. The number of furan rings is 1. The van der Waals surface area contributed by atoms with Gasteiger partial charge in [-0.15, -0.1) is 27.0 Å². The van der Waals surface area contributed by atoms with E-state index in [0.29, 0.717) is 46.4 Å². The molecule has 0 radical (unpaired) electrons. The summed E-state index contributed by atoms with van der Waals surface area (Å²) in [4.78, 5) is 10.3. The Morgan fingerprint density at radius 2 is 2.00 bits per heavy atom. The van der Waals surface area contributed by atoms with Crippen LogP contribution in [0.4, 0.5) is 5.69 Å². The summed E-state index contributed by atoms with van der Waals surface area (Å²) < 4.78 is 12.9. The van der Waals surface area contributed by atoms with Crippen molar-refractivity contribution in [2.75, 3.05) is 0 Å². The fourth-order valence-electron chi connectivity index (χ4n) is 2.56. The average Bonchev–Trinajstić information content (AvgIpc) is 3.48. The summed E-state index contributed by atoms with van der Waals surface area (Å²) in [7, 11) is 0. The van der Waals surface area contributed by atoms with E-state index in [0.717, 1.165) is 0 Å². The van der Waals surface area contributed by atoms with Crippen LogP contribution in [0.15, 0.2) is 69.3 Å². The largest absolute Gasteiger partial charge is 0.461 e. The fraction of sp³-hybridized carbons (Fsp3) is 0.111. The molecule has 3 aromatic heterocycles. The Morgan fingerprint density at radius 3 is 2.69 bits per heavy atom. The highest BCUT2D eigenvalue weighted by Gasteiger charge is 2.17. The molecule has 0 bridgehead atoms. The van der Waals surface area contributed by atoms with E-state index in [4.69, 9.17) is 8.83 Å². The van der Waals surface area contributed by atoms with Crippen LogP contribution < -0.4 is 0 Å². The molecule has 4 rings (SSSR count). The molecule has 0 N–H and O–H groups in total. The lowest BCUT2D eigenvalue weighted by Gasteiger charge is -2.04. The van der Waals surface area contributed by atoms with Crippen LogP contribution in [0.1, 0.15) is 5.89 Å². The van der Waals surface area contributed by atoms with Crippen molar-refractivity contribution in [3.8, 4) is 23.0 Å². The Kier molecular flexibility index (Phi) is 5.20. The van der Waals surface area contributed by atoms with Crippen LogP contribution in [0.25, 0.3) is 23.0 Å². The first-order valence-corrected chi connectivity index (χ1v) is 9.42. The lowest BCUT2D eigenvalue weighted by molar-refractivity contribution is -0.384. The minimum Gasteiger partial charge on any atom is -0.461 e. The standard InChI is InChI=1S/C18H14N6O4S/c1-2-9-23-16(14-4-3-10-27-14)20-22-18(23)29-11-15-19-21-17(28-15)12-5-7-13(8-6-12)24(25)26/h2-8,10H,1,9,11H2. The van der Waals surface area contributed by atoms with Crippen LogP contribution >= 0.6 is 11.8 Å². The van der Waals surface area contributed by atoms with E-state index in [1.54, 1.807) is 30.5 Å². The van der Waals surface area contributed by atoms with Gasteiger partial charge in [-0.25, -0.2) is 0 Å². The Bertz CT molecular complexity index is 1130. The number of nitrogens with zero attached hydrogens (tertiary/aromatic N) is 6. The Labute approximate surface area is 168 Å². The number of hydrogen-bond donors (Lipinski definition) is 0. The second-order valence-electron chi connectivity index (χ2n) is 5.78. The molecule has 0 aliphatic heterocycles. The third-order valence-electron chi connectivity index (χ3n) is 3.89. The molecule has 29 heavy (non-hydrogen) atoms. The van der Waals surface area contributed by atoms with Gasteiger partial charge in [0.2, 0.25) is 17.6 Å². The number of rotatable bonds is 8. The van der Waals surface area contributed by atoms with Gasteiger partial charge < -0.3 is 8.83 Å². The minimum atomic E-state index is -0.462. The van der Waals surface area contributed by atoms with Crippen molar-refractivity contribution in [1.29, 1.82) is 0 Å². The van der Waals surface area contributed by atoms with Crippen molar-refractivity contribution in [1.82, 2.24) is 25.0 Å². The number of nitro benzene ring substituents is 1. The summed E-state index contributed by atoms with van der Waals surface area (Å²) in [5.74, 6) is 2.29. The molecule has 146 valence electrons. The number of thioether (sulfide) groups is 1. The zero-order chi connectivity index (χ0) is 20.2. The molecule has 1 aromatic carbocycles. The third kappa shape index (κ3) is 3.94. The van der Waals surface area contributed by atoms with Gasteiger partial charge in [0.15, 0.2) is 10.9 Å². The highest BCUT2D eigenvalue weighted by Crippen LogP contribution is 2.28. The first-order valence-electron chi connectivity index (χ1n) is 8.43. The van der Waals surface area contributed by atoms with Crippen molar-refractivity contribution in [3.05, 3.63) is 71.3 Å². The van der Waals surface area contributed by atoms with Crippen LogP contribution in [0.3, 0.4) is 0 Å². The molecule has 3 heterocycles. The SMILES string of the molecule is C=CCn1c(SCc2nnc(-c3ccc([N+](=O)[O-])cc3)o2)nnc1-c1ccco1. The van der Waals surface area contributed by atoms with Crippen LogP contribution in [0, 0.1) is 10.1 Å². The van der Waals surface area contributed by atoms with E-state index >= 15 is 0 Å². The van der Waals surface area contributed by atoms with Gasteiger partial charge in [-0.1, -0.05) is 17.8 Å². The maximum atomic E-state index is 10.8. The molecule has 10 nitrogen and oxygen atoms in total. The van der Waals surface area contributed by atoms with Crippen molar-refractivity contribution in [3.63, 3.8) is 0 Å². The van der Waals surface area contributed by atoms with Crippen LogP contribution in [0.5, 0.6) is 0 Å². The molecule has 0 aliphatic carbocycles.